The van der Waals surface area contributed by atoms with Gasteiger partial charge < -0.3 is 0 Å². The Morgan fingerprint density at radius 1 is 1.33 bits per heavy atom. The van der Waals surface area contributed by atoms with E-state index in [-0.39, 0.29) is 5.41 Å². The maximum atomic E-state index is 11.7. The zero-order chi connectivity index (χ0) is 11.6. The highest BCUT2D eigenvalue weighted by Gasteiger charge is 2.31. The van der Waals surface area contributed by atoms with Crippen LogP contribution in [0.25, 0.3) is 0 Å². The lowest BCUT2D eigenvalue weighted by Gasteiger charge is -2.34. The van der Waals surface area contributed by atoms with E-state index in [0.717, 1.165) is 30.8 Å². The average molecular weight is 208 g/mol. The summed E-state index contributed by atoms with van der Waals surface area (Å²) in [6.45, 7) is 11.1. The van der Waals surface area contributed by atoms with Gasteiger partial charge in [-0.25, -0.2) is 0 Å². The molecule has 0 fully saturated rings. The van der Waals surface area contributed by atoms with E-state index in [1.165, 1.54) is 12.0 Å². The minimum atomic E-state index is 0.243. The monoisotopic (exact) mass is 208 g/mol. The van der Waals surface area contributed by atoms with Gasteiger partial charge in [-0.1, -0.05) is 33.3 Å². The normalized spacial score (nSPS) is 21.3. The molecule has 0 saturated carbocycles. The molecule has 0 N–H and O–H groups in total. The molecule has 0 radical (unpaired) electrons. The van der Waals surface area contributed by atoms with Gasteiger partial charge in [-0.3, -0.25) is 4.79 Å². The Hall–Kier alpha value is -0.590. The first-order valence-corrected chi connectivity index (χ1v) is 6.08. The first-order valence-electron chi connectivity index (χ1n) is 6.08. The molecule has 1 heteroatoms. The van der Waals surface area contributed by atoms with Gasteiger partial charge in [0.2, 0.25) is 0 Å². The summed E-state index contributed by atoms with van der Waals surface area (Å²) in [6, 6.07) is 0. The van der Waals surface area contributed by atoms with Gasteiger partial charge in [0.25, 0.3) is 0 Å². The van der Waals surface area contributed by atoms with Crippen LogP contribution in [-0.4, -0.2) is 5.78 Å². The maximum absolute atomic E-state index is 11.7. The van der Waals surface area contributed by atoms with Crippen LogP contribution in [0.15, 0.2) is 11.1 Å². The maximum Gasteiger partial charge on any atom is 0.158 e. The molecular weight excluding hydrogens is 184 g/mol. The van der Waals surface area contributed by atoms with Crippen LogP contribution in [0.1, 0.15) is 60.3 Å². The molecule has 1 aliphatic carbocycles. The van der Waals surface area contributed by atoms with E-state index >= 15 is 0 Å². The van der Waals surface area contributed by atoms with E-state index in [1.807, 2.05) is 6.92 Å². The second-order valence-corrected chi connectivity index (χ2v) is 5.84. The van der Waals surface area contributed by atoms with Gasteiger partial charge in [0, 0.05) is 6.42 Å². The van der Waals surface area contributed by atoms with Crippen molar-refractivity contribution in [1.82, 2.24) is 0 Å². The highest BCUT2D eigenvalue weighted by Crippen LogP contribution is 2.41. The summed E-state index contributed by atoms with van der Waals surface area (Å²) in [4.78, 5) is 11.7. The molecule has 1 nitrogen and oxygen atoms in total. The van der Waals surface area contributed by atoms with Gasteiger partial charge in [-0.05, 0) is 43.1 Å². The van der Waals surface area contributed by atoms with Crippen molar-refractivity contribution in [2.75, 3.05) is 0 Å². The van der Waals surface area contributed by atoms with E-state index in [0.29, 0.717) is 5.78 Å². The molecule has 0 amide bonds. The van der Waals surface area contributed by atoms with Crippen molar-refractivity contribution in [3.8, 4) is 0 Å². The Morgan fingerprint density at radius 2 is 1.93 bits per heavy atom. The fourth-order valence-electron chi connectivity index (χ4n) is 2.40. The Bertz CT molecular complexity index is 282. The largest absolute Gasteiger partial charge is 0.295 e. The summed E-state index contributed by atoms with van der Waals surface area (Å²) < 4.78 is 0. The zero-order valence-corrected chi connectivity index (χ0v) is 10.8. The van der Waals surface area contributed by atoms with Crippen molar-refractivity contribution in [2.24, 2.45) is 11.3 Å². The molecule has 0 bridgehead atoms. The predicted molar refractivity (Wildman–Crippen MR) is 64.8 cm³/mol. The van der Waals surface area contributed by atoms with E-state index < -0.39 is 0 Å². The number of hydrogen-bond acceptors (Lipinski definition) is 1. The third-order valence-corrected chi connectivity index (χ3v) is 3.64. The standard InChI is InChI=1S/C14H24O/c1-10(2)6-7-12-11(3)13(15)8-9-14(12,4)5/h10H,6-9H2,1-5H3. The quantitative estimate of drug-likeness (QED) is 0.681. The highest BCUT2D eigenvalue weighted by molar-refractivity contribution is 5.96. The summed E-state index contributed by atoms with van der Waals surface area (Å²) in [7, 11) is 0. The predicted octanol–water partition coefficient (Wildman–Crippen LogP) is 4.13. The Balaban J connectivity index is 2.87. The van der Waals surface area contributed by atoms with Crippen LogP contribution in [0, 0.1) is 11.3 Å². The first kappa shape index (κ1) is 12.5. The lowest BCUT2D eigenvalue weighted by Crippen LogP contribution is -2.25. The second-order valence-electron chi connectivity index (χ2n) is 5.84. The number of carbonyl (C=O) groups is 1. The summed E-state index contributed by atoms with van der Waals surface area (Å²) >= 11 is 0. The molecule has 86 valence electrons. The number of allylic oxidation sites excluding steroid dienone is 2. The molecule has 15 heavy (non-hydrogen) atoms. The van der Waals surface area contributed by atoms with Crippen LogP contribution in [-0.2, 0) is 4.79 Å². The molecule has 0 aromatic rings. The molecule has 1 rings (SSSR count). The number of rotatable bonds is 3. The Labute approximate surface area is 93.9 Å². The van der Waals surface area contributed by atoms with Gasteiger partial charge in [-0.15, -0.1) is 0 Å². The minimum Gasteiger partial charge on any atom is -0.295 e. The molecule has 0 saturated heterocycles. The minimum absolute atomic E-state index is 0.243. The van der Waals surface area contributed by atoms with E-state index in [4.69, 9.17) is 0 Å². The molecule has 0 atom stereocenters. The van der Waals surface area contributed by atoms with Gasteiger partial charge in [0.15, 0.2) is 5.78 Å². The van der Waals surface area contributed by atoms with Gasteiger partial charge in [-0.2, -0.15) is 0 Å². The summed E-state index contributed by atoms with van der Waals surface area (Å²) in [6.07, 6.45) is 4.06. The average Bonchev–Trinajstić information content (AvgIpc) is 2.11. The third kappa shape index (κ3) is 2.93. The van der Waals surface area contributed by atoms with Gasteiger partial charge in [0.05, 0.1) is 0 Å². The smallest absolute Gasteiger partial charge is 0.158 e. The lowest BCUT2D eigenvalue weighted by atomic mass is 9.70. The second kappa shape index (κ2) is 4.51. The van der Waals surface area contributed by atoms with Crippen LogP contribution < -0.4 is 0 Å². The summed E-state index contributed by atoms with van der Waals surface area (Å²) in [5, 5.41) is 0. The molecule has 0 spiro atoms. The van der Waals surface area contributed by atoms with Crippen LogP contribution in [0.2, 0.25) is 0 Å². The van der Waals surface area contributed by atoms with Crippen LogP contribution in [0.4, 0.5) is 0 Å². The van der Waals surface area contributed by atoms with Crippen molar-refractivity contribution in [1.29, 1.82) is 0 Å². The third-order valence-electron chi connectivity index (χ3n) is 3.64. The molecule has 0 aromatic carbocycles. The fraction of sp³-hybridized carbons (Fsp3) is 0.786. The molecular formula is C14H24O. The molecule has 0 heterocycles. The van der Waals surface area contributed by atoms with Crippen LogP contribution >= 0.6 is 0 Å². The van der Waals surface area contributed by atoms with E-state index in [2.05, 4.69) is 27.7 Å². The van der Waals surface area contributed by atoms with Crippen LogP contribution in [0.3, 0.4) is 0 Å². The Kier molecular flexibility index (Phi) is 3.75. The highest BCUT2D eigenvalue weighted by atomic mass is 16.1. The Morgan fingerprint density at radius 3 is 2.47 bits per heavy atom. The first-order chi connectivity index (χ1) is 6.84. The number of Topliss-reactive ketones (excluding diaryl/α,β-unsaturated/α-hetero) is 1. The SMILES string of the molecule is CC1=C(CCC(C)C)C(C)(C)CCC1=O. The lowest BCUT2D eigenvalue weighted by molar-refractivity contribution is -0.116. The number of ketones is 1. The van der Waals surface area contributed by atoms with Crippen LogP contribution in [0.5, 0.6) is 0 Å². The van der Waals surface area contributed by atoms with E-state index in [1.54, 1.807) is 0 Å². The molecule has 0 aliphatic heterocycles. The molecule has 0 aromatic heterocycles. The number of hydrogen-bond donors (Lipinski definition) is 0. The van der Waals surface area contributed by atoms with Crippen molar-refractivity contribution >= 4 is 5.78 Å². The van der Waals surface area contributed by atoms with Crippen molar-refractivity contribution in [2.45, 2.75) is 60.3 Å². The van der Waals surface area contributed by atoms with Gasteiger partial charge >= 0.3 is 0 Å². The topological polar surface area (TPSA) is 17.1 Å². The van der Waals surface area contributed by atoms with Crippen molar-refractivity contribution < 1.29 is 4.79 Å². The van der Waals surface area contributed by atoms with Gasteiger partial charge in [0.1, 0.15) is 0 Å². The number of carbonyl (C=O) groups excluding carboxylic acids is 1. The van der Waals surface area contributed by atoms with E-state index in [9.17, 15) is 4.79 Å². The summed E-state index contributed by atoms with van der Waals surface area (Å²) in [5.41, 5.74) is 2.70. The molecule has 0 unspecified atom stereocenters. The van der Waals surface area contributed by atoms with Crippen molar-refractivity contribution in [3.05, 3.63) is 11.1 Å². The molecule has 1 aliphatic rings. The fourth-order valence-corrected chi connectivity index (χ4v) is 2.40. The summed E-state index contributed by atoms with van der Waals surface area (Å²) in [5.74, 6) is 1.09. The zero-order valence-electron chi connectivity index (χ0n) is 10.8. The van der Waals surface area contributed by atoms with Crippen molar-refractivity contribution in [3.63, 3.8) is 0 Å².